The van der Waals surface area contributed by atoms with Crippen LogP contribution in [0.15, 0.2) is 65.8 Å². The average Bonchev–Trinajstić information content (AvgIpc) is 3.27. The number of rotatable bonds is 7. The van der Waals surface area contributed by atoms with E-state index in [9.17, 15) is 17.8 Å². The van der Waals surface area contributed by atoms with Gasteiger partial charge >= 0.3 is 0 Å². The van der Waals surface area contributed by atoms with Gasteiger partial charge in [-0.05, 0) is 48.4 Å². The van der Waals surface area contributed by atoms with Crippen LogP contribution in [0.4, 0.5) is 20.2 Å². The summed E-state index contributed by atoms with van der Waals surface area (Å²) in [5.41, 5.74) is 1.01. The summed E-state index contributed by atoms with van der Waals surface area (Å²) < 4.78 is 44.4. The van der Waals surface area contributed by atoms with Gasteiger partial charge in [0, 0.05) is 17.8 Å². The first-order valence-corrected chi connectivity index (χ1v) is 11.1. The zero-order valence-corrected chi connectivity index (χ0v) is 17.9. The molecule has 4 rings (SSSR count). The molecular weight excluding hydrogens is 434 g/mol. The van der Waals surface area contributed by atoms with Gasteiger partial charge in [-0.25, -0.2) is 18.0 Å². The van der Waals surface area contributed by atoms with E-state index in [2.05, 4.69) is 26.9 Å². The van der Waals surface area contributed by atoms with Crippen LogP contribution in [0.2, 0.25) is 0 Å². The molecule has 6 nitrogen and oxygen atoms in total. The molecule has 0 spiro atoms. The number of halogens is 2. The quantitative estimate of drug-likeness (QED) is 0.360. The molecule has 0 bridgehead atoms. The Bertz CT molecular complexity index is 1310. The Hall–Kier alpha value is -3.59. The van der Waals surface area contributed by atoms with Crippen molar-refractivity contribution in [2.24, 2.45) is 0 Å². The Morgan fingerprint density at radius 3 is 2.66 bits per heavy atom. The summed E-state index contributed by atoms with van der Waals surface area (Å²) >= 11 is 0. The van der Waals surface area contributed by atoms with Crippen LogP contribution in [0.3, 0.4) is 0 Å². The highest BCUT2D eigenvalue weighted by Crippen LogP contribution is 2.28. The monoisotopic (exact) mass is 454 g/mol. The van der Waals surface area contributed by atoms with Gasteiger partial charge < -0.3 is 10.3 Å². The summed E-state index contributed by atoms with van der Waals surface area (Å²) in [5, 5.41) is 2.94. The lowest BCUT2D eigenvalue weighted by Gasteiger charge is -2.13. The van der Waals surface area contributed by atoms with Crippen molar-refractivity contribution < 1.29 is 17.8 Å². The number of nitrogens with one attached hydrogen (secondary N) is 3. The average molecular weight is 455 g/mol. The molecule has 9 heteroatoms. The predicted octanol–water partition coefficient (Wildman–Crippen LogP) is 5.18. The highest BCUT2D eigenvalue weighted by molar-refractivity contribution is 7.86. The van der Waals surface area contributed by atoms with E-state index in [4.69, 9.17) is 0 Å². The third-order valence-electron chi connectivity index (χ3n) is 4.87. The minimum atomic E-state index is -1.77. The van der Waals surface area contributed by atoms with Crippen molar-refractivity contribution in [1.82, 2.24) is 9.97 Å². The lowest BCUT2D eigenvalue weighted by molar-refractivity contribution is 0.102. The Balaban J connectivity index is 1.54. The number of amides is 1. The molecule has 2 aromatic heterocycles. The Kier molecular flexibility index (Phi) is 6.27. The number of nitrogens with zero attached hydrogens (tertiary/aromatic N) is 1. The number of benzene rings is 2. The SMILES string of the molecule is CCCc1ccc(S(=O)Nc2ccc(F)c(NC(=O)c3cnc4[nH]ccc4c3)c2F)cc1. The molecule has 0 fully saturated rings. The maximum atomic E-state index is 15.0. The van der Waals surface area contributed by atoms with E-state index < -0.39 is 34.2 Å². The Morgan fingerprint density at radius 2 is 1.91 bits per heavy atom. The number of anilines is 2. The minimum absolute atomic E-state index is 0.144. The van der Waals surface area contributed by atoms with Crippen LogP contribution in [0.1, 0.15) is 29.3 Å². The highest BCUT2D eigenvalue weighted by atomic mass is 32.2. The summed E-state index contributed by atoms with van der Waals surface area (Å²) in [5.74, 6) is -2.72. The molecule has 3 N–H and O–H groups in total. The highest BCUT2D eigenvalue weighted by Gasteiger charge is 2.19. The van der Waals surface area contributed by atoms with E-state index in [-0.39, 0.29) is 11.3 Å². The molecule has 0 aliphatic carbocycles. The van der Waals surface area contributed by atoms with E-state index in [1.54, 1.807) is 30.5 Å². The third-order valence-corrected chi connectivity index (χ3v) is 5.98. The molecule has 1 unspecified atom stereocenters. The van der Waals surface area contributed by atoms with Gasteiger partial charge in [0.1, 0.15) is 28.1 Å². The van der Waals surface area contributed by atoms with Crippen molar-refractivity contribution in [2.75, 3.05) is 10.0 Å². The number of aromatic amines is 1. The van der Waals surface area contributed by atoms with Crippen LogP contribution >= 0.6 is 0 Å². The largest absolute Gasteiger partial charge is 0.346 e. The molecule has 0 saturated heterocycles. The van der Waals surface area contributed by atoms with Crippen LogP contribution in [-0.2, 0) is 17.4 Å². The van der Waals surface area contributed by atoms with Gasteiger partial charge in [0.25, 0.3) is 5.91 Å². The first-order valence-electron chi connectivity index (χ1n) is 9.96. The number of hydrogen-bond acceptors (Lipinski definition) is 3. The van der Waals surface area contributed by atoms with Gasteiger partial charge in [0.05, 0.1) is 16.1 Å². The van der Waals surface area contributed by atoms with Crippen molar-refractivity contribution in [3.8, 4) is 0 Å². The van der Waals surface area contributed by atoms with E-state index in [0.717, 1.165) is 30.5 Å². The maximum absolute atomic E-state index is 15.0. The van der Waals surface area contributed by atoms with Gasteiger partial charge in [-0.15, -0.1) is 0 Å². The molecule has 1 atom stereocenters. The molecule has 32 heavy (non-hydrogen) atoms. The number of fused-ring (bicyclic) bond motifs is 1. The summed E-state index contributed by atoms with van der Waals surface area (Å²) in [4.78, 5) is 20.0. The molecular formula is C23H20F2N4O2S. The van der Waals surface area contributed by atoms with Crippen LogP contribution in [0, 0.1) is 11.6 Å². The molecule has 0 radical (unpaired) electrons. The number of aromatic nitrogens is 2. The smallest absolute Gasteiger partial charge is 0.257 e. The van der Waals surface area contributed by atoms with Crippen LogP contribution in [-0.4, -0.2) is 20.1 Å². The molecule has 1 amide bonds. The standard InChI is InChI=1S/C23H20F2N4O2S/c1-2-3-14-4-6-17(7-5-14)32(31)29-19-9-8-18(24)21(20(19)25)28-23(30)16-12-15-10-11-26-22(15)27-13-16/h4-13,29H,2-3H2,1H3,(H,26,27)(H,28,30). The summed E-state index contributed by atoms with van der Waals surface area (Å²) in [6.07, 6.45) is 4.88. The number of H-pyrrole nitrogens is 1. The Morgan fingerprint density at radius 1 is 1.12 bits per heavy atom. The fraction of sp³-hybridized carbons (Fsp3) is 0.130. The first-order chi connectivity index (χ1) is 15.5. The number of carbonyl (C=O) groups is 1. The van der Waals surface area contributed by atoms with Gasteiger partial charge in [-0.3, -0.25) is 9.52 Å². The van der Waals surface area contributed by atoms with Gasteiger partial charge in [0.15, 0.2) is 5.82 Å². The molecule has 0 aliphatic rings. The van der Waals surface area contributed by atoms with Gasteiger partial charge in [-0.2, -0.15) is 0 Å². The number of pyridine rings is 1. The number of carbonyl (C=O) groups excluding carboxylic acids is 1. The fourth-order valence-electron chi connectivity index (χ4n) is 3.22. The predicted molar refractivity (Wildman–Crippen MR) is 121 cm³/mol. The van der Waals surface area contributed by atoms with Crippen molar-refractivity contribution in [1.29, 1.82) is 0 Å². The molecule has 0 saturated carbocycles. The van der Waals surface area contributed by atoms with E-state index in [1.165, 1.54) is 6.20 Å². The molecule has 2 heterocycles. The summed E-state index contributed by atoms with van der Waals surface area (Å²) in [7, 11) is -1.77. The zero-order chi connectivity index (χ0) is 22.7. The number of aryl methyl sites for hydroxylation is 1. The van der Waals surface area contributed by atoms with E-state index >= 15 is 0 Å². The lowest BCUT2D eigenvalue weighted by atomic mass is 10.1. The van der Waals surface area contributed by atoms with E-state index in [1.807, 2.05) is 12.1 Å². The summed E-state index contributed by atoms with van der Waals surface area (Å²) in [6, 6.07) is 12.5. The topological polar surface area (TPSA) is 86.9 Å². The van der Waals surface area contributed by atoms with Crippen molar-refractivity contribution in [2.45, 2.75) is 24.7 Å². The van der Waals surface area contributed by atoms with Crippen molar-refractivity contribution in [3.63, 3.8) is 0 Å². The molecule has 4 aromatic rings. The second-order valence-electron chi connectivity index (χ2n) is 7.14. The Labute approximate surface area is 185 Å². The molecule has 164 valence electrons. The molecule has 0 aliphatic heterocycles. The second-order valence-corrected chi connectivity index (χ2v) is 8.36. The van der Waals surface area contributed by atoms with Crippen molar-refractivity contribution >= 4 is 39.3 Å². The normalized spacial score (nSPS) is 12.0. The lowest BCUT2D eigenvalue weighted by Crippen LogP contribution is -2.16. The molecule has 2 aromatic carbocycles. The third kappa shape index (κ3) is 4.52. The fourth-order valence-corrected chi connectivity index (χ4v) is 4.08. The summed E-state index contributed by atoms with van der Waals surface area (Å²) in [6.45, 7) is 2.07. The van der Waals surface area contributed by atoms with Gasteiger partial charge in [-0.1, -0.05) is 25.5 Å². The maximum Gasteiger partial charge on any atom is 0.257 e. The van der Waals surface area contributed by atoms with Crippen molar-refractivity contribution in [3.05, 3.63) is 83.7 Å². The zero-order valence-electron chi connectivity index (χ0n) is 17.1. The van der Waals surface area contributed by atoms with Gasteiger partial charge in [0.2, 0.25) is 0 Å². The number of hydrogen-bond donors (Lipinski definition) is 3. The second kappa shape index (κ2) is 9.27. The van der Waals surface area contributed by atoms with Crippen LogP contribution in [0.5, 0.6) is 0 Å². The first kappa shape index (κ1) is 21.6. The minimum Gasteiger partial charge on any atom is -0.346 e. The van der Waals surface area contributed by atoms with E-state index in [0.29, 0.717) is 15.9 Å². The van der Waals surface area contributed by atoms with Crippen LogP contribution in [0.25, 0.3) is 11.0 Å². The van der Waals surface area contributed by atoms with Crippen LogP contribution < -0.4 is 10.0 Å².